The molecule has 1 amide bonds. The van der Waals surface area contributed by atoms with Crippen LogP contribution in [0.2, 0.25) is 0 Å². The molecule has 0 spiro atoms. The maximum atomic E-state index is 12.6. The number of hydrogen-bond donors (Lipinski definition) is 1. The molecule has 0 radical (unpaired) electrons. The van der Waals surface area contributed by atoms with Crippen molar-refractivity contribution in [2.75, 3.05) is 5.32 Å². The van der Waals surface area contributed by atoms with Crippen LogP contribution in [0.5, 0.6) is 5.75 Å². The molecule has 0 bridgehead atoms. The van der Waals surface area contributed by atoms with Crippen LogP contribution < -0.4 is 10.1 Å². The highest BCUT2D eigenvalue weighted by atomic mass is 127. The quantitative estimate of drug-likeness (QED) is 0.243. The Kier molecular flexibility index (Phi) is 7.64. The maximum absolute atomic E-state index is 12.6. The minimum absolute atomic E-state index is 0.0115. The monoisotopic (exact) mass is 533 g/mol. The minimum atomic E-state index is -0.456. The van der Waals surface area contributed by atoms with E-state index in [1.54, 1.807) is 24.3 Å². The van der Waals surface area contributed by atoms with E-state index in [0.29, 0.717) is 22.6 Å². The zero-order valence-corrected chi connectivity index (χ0v) is 19.8. The van der Waals surface area contributed by atoms with Gasteiger partial charge in [0.15, 0.2) is 0 Å². The molecular weight excluding hydrogens is 513 g/mol. The lowest BCUT2D eigenvalue weighted by molar-refractivity contribution is -0.112. The van der Waals surface area contributed by atoms with Gasteiger partial charge in [0.2, 0.25) is 0 Å². The highest BCUT2D eigenvalue weighted by Crippen LogP contribution is 2.25. The molecule has 0 heterocycles. The molecule has 0 fully saturated rings. The Balaban J connectivity index is 1.74. The number of aryl methyl sites for hydroxylation is 2. The SMILES string of the molecule is Cc1ccc(NC(=O)/C(C#N)=C/c2ccc(OCc3ccccc3C#N)c(I)c2)c(C)c1. The highest BCUT2D eigenvalue weighted by Gasteiger charge is 2.12. The molecule has 0 saturated heterocycles. The van der Waals surface area contributed by atoms with Crippen LogP contribution in [0, 0.1) is 40.1 Å². The average Bonchev–Trinajstić information content (AvgIpc) is 2.78. The molecule has 3 aromatic carbocycles. The largest absolute Gasteiger partial charge is 0.488 e. The van der Waals surface area contributed by atoms with Gasteiger partial charge >= 0.3 is 0 Å². The number of nitrogens with zero attached hydrogens (tertiary/aromatic N) is 2. The highest BCUT2D eigenvalue weighted by molar-refractivity contribution is 14.1. The van der Waals surface area contributed by atoms with Gasteiger partial charge in [-0.15, -0.1) is 0 Å². The topological polar surface area (TPSA) is 85.9 Å². The second-order valence-corrected chi connectivity index (χ2v) is 8.35. The van der Waals surface area contributed by atoms with Crippen molar-refractivity contribution in [3.63, 3.8) is 0 Å². The smallest absolute Gasteiger partial charge is 0.266 e. The van der Waals surface area contributed by atoms with E-state index in [2.05, 4.69) is 34.0 Å². The predicted molar refractivity (Wildman–Crippen MR) is 133 cm³/mol. The third kappa shape index (κ3) is 5.75. The molecule has 3 aromatic rings. The van der Waals surface area contributed by atoms with Gasteiger partial charge in [-0.2, -0.15) is 10.5 Å². The Bertz CT molecular complexity index is 1280. The number of hydrogen-bond acceptors (Lipinski definition) is 4. The standard InChI is InChI=1S/C26H20IN3O2/c1-17-7-9-24(18(2)11-17)30-26(31)22(15-29)12-19-8-10-25(23(27)13-19)32-16-21-6-4-3-5-20(21)14-28/h3-13H,16H2,1-2H3,(H,30,31)/b22-12+. The van der Waals surface area contributed by atoms with Gasteiger partial charge in [0, 0.05) is 11.3 Å². The van der Waals surface area contributed by atoms with Crippen LogP contribution in [0.15, 0.2) is 66.2 Å². The fourth-order valence-corrected chi connectivity index (χ4v) is 3.79. The molecule has 0 aromatic heterocycles. The zero-order valence-electron chi connectivity index (χ0n) is 17.6. The van der Waals surface area contributed by atoms with Crippen molar-refractivity contribution < 1.29 is 9.53 Å². The number of anilines is 1. The van der Waals surface area contributed by atoms with Crippen molar-refractivity contribution in [3.05, 3.63) is 97.6 Å². The number of nitrogens with one attached hydrogen (secondary N) is 1. The summed E-state index contributed by atoms with van der Waals surface area (Å²) in [6.07, 6.45) is 1.55. The molecule has 6 heteroatoms. The normalized spacial score (nSPS) is 10.7. The van der Waals surface area contributed by atoms with Crippen molar-refractivity contribution in [2.45, 2.75) is 20.5 Å². The zero-order chi connectivity index (χ0) is 23.1. The Labute approximate surface area is 201 Å². The third-order valence-corrected chi connectivity index (χ3v) is 5.63. The molecule has 0 atom stereocenters. The lowest BCUT2D eigenvalue weighted by atomic mass is 10.1. The van der Waals surface area contributed by atoms with E-state index < -0.39 is 5.91 Å². The van der Waals surface area contributed by atoms with E-state index in [-0.39, 0.29) is 12.2 Å². The summed E-state index contributed by atoms with van der Waals surface area (Å²) in [5, 5.41) is 21.5. The fourth-order valence-electron chi connectivity index (χ4n) is 3.09. The fraction of sp³-hybridized carbons (Fsp3) is 0.115. The summed E-state index contributed by atoms with van der Waals surface area (Å²) in [5.74, 6) is 0.205. The van der Waals surface area contributed by atoms with Crippen molar-refractivity contribution in [3.8, 4) is 17.9 Å². The second-order valence-electron chi connectivity index (χ2n) is 7.19. The summed E-state index contributed by atoms with van der Waals surface area (Å²) in [4.78, 5) is 12.6. The number of benzene rings is 3. The van der Waals surface area contributed by atoms with Crippen LogP contribution in [0.1, 0.15) is 27.8 Å². The maximum Gasteiger partial charge on any atom is 0.266 e. The summed E-state index contributed by atoms with van der Waals surface area (Å²) in [7, 11) is 0. The summed E-state index contributed by atoms with van der Waals surface area (Å²) in [6, 6.07) is 22.6. The van der Waals surface area contributed by atoms with Crippen LogP contribution in [0.25, 0.3) is 6.08 Å². The van der Waals surface area contributed by atoms with Gasteiger partial charge in [0.05, 0.1) is 15.2 Å². The van der Waals surface area contributed by atoms with Crippen molar-refractivity contribution in [1.82, 2.24) is 0 Å². The van der Waals surface area contributed by atoms with Crippen molar-refractivity contribution in [1.29, 1.82) is 10.5 Å². The Morgan fingerprint density at radius 3 is 2.56 bits per heavy atom. The van der Waals surface area contributed by atoms with Gasteiger partial charge in [0.1, 0.15) is 24.0 Å². The third-order valence-electron chi connectivity index (χ3n) is 4.78. The van der Waals surface area contributed by atoms with E-state index in [1.165, 1.54) is 0 Å². The first-order valence-corrected chi connectivity index (χ1v) is 10.9. The van der Waals surface area contributed by atoms with Gasteiger partial charge in [0.25, 0.3) is 5.91 Å². The summed E-state index contributed by atoms with van der Waals surface area (Å²) in [5.41, 5.74) is 4.83. The van der Waals surface area contributed by atoms with Crippen molar-refractivity contribution >= 4 is 40.3 Å². The van der Waals surface area contributed by atoms with Gasteiger partial charge in [-0.05, 0) is 77.9 Å². The molecule has 158 valence electrons. The first-order chi connectivity index (χ1) is 15.4. The van der Waals surface area contributed by atoms with E-state index in [1.807, 2.05) is 62.4 Å². The summed E-state index contributed by atoms with van der Waals surface area (Å²) < 4.78 is 6.71. The molecule has 5 nitrogen and oxygen atoms in total. The summed E-state index contributed by atoms with van der Waals surface area (Å²) >= 11 is 2.15. The van der Waals surface area contributed by atoms with Crippen LogP contribution in [-0.4, -0.2) is 5.91 Å². The van der Waals surface area contributed by atoms with Gasteiger partial charge in [-0.25, -0.2) is 0 Å². The van der Waals surface area contributed by atoms with Gasteiger partial charge < -0.3 is 10.1 Å². The first-order valence-electron chi connectivity index (χ1n) is 9.82. The van der Waals surface area contributed by atoms with Crippen LogP contribution in [-0.2, 0) is 11.4 Å². The van der Waals surface area contributed by atoms with Gasteiger partial charge in [-0.1, -0.05) is 42.0 Å². The number of carbonyl (C=O) groups excluding carboxylic acids is 1. The molecule has 32 heavy (non-hydrogen) atoms. The molecule has 0 aliphatic heterocycles. The number of ether oxygens (including phenoxy) is 1. The number of nitriles is 2. The molecule has 0 aliphatic rings. The number of carbonyl (C=O) groups is 1. The molecule has 0 saturated carbocycles. The van der Waals surface area contributed by atoms with E-state index in [0.717, 1.165) is 20.3 Å². The van der Waals surface area contributed by atoms with Crippen molar-refractivity contribution in [2.24, 2.45) is 0 Å². The Hall–Kier alpha value is -3.62. The molecule has 0 unspecified atom stereocenters. The lowest BCUT2D eigenvalue weighted by Gasteiger charge is -2.10. The Morgan fingerprint density at radius 2 is 1.88 bits per heavy atom. The van der Waals surface area contributed by atoms with E-state index in [4.69, 9.17) is 4.74 Å². The molecule has 3 rings (SSSR count). The predicted octanol–water partition coefficient (Wildman–Crippen LogP) is 5.90. The average molecular weight is 533 g/mol. The van der Waals surface area contributed by atoms with E-state index >= 15 is 0 Å². The number of amides is 1. The molecular formula is C26H20IN3O2. The summed E-state index contributed by atoms with van der Waals surface area (Å²) in [6.45, 7) is 4.17. The van der Waals surface area contributed by atoms with Crippen LogP contribution >= 0.6 is 22.6 Å². The minimum Gasteiger partial charge on any atom is -0.488 e. The number of rotatable bonds is 6. The number of halogens is 1. The van der Waals surface area contributed by atoms with Crippen LogP contribution in [0.3, 0.4) is 0 Å². The lowest BCUT2D eigenvalue weighted by Crippen LogP contribution is -2.14. The molecule has 0 aliphatic carbocycles. The first kappa shape index (κ1) is 23.1. The second kappa shape index (κ2) is 10.6. The van der Waals surface area contributed by atoms with Gasteiger partial charge in [-0.3, -0.25) is 4.79 Å². The molecule has 1 N–H and O–H groups in total. The van der Waals surface area contributed by atoms with Crippen LogP contribution in [0.4, 0.5) is 5.69 Å². The van der Waals surface area contributed by atoms with E-state index in [9.17, 15) is 15.3 Å². The Morgan fingerprint density at radius 1 is 1.09 bits per heavy atom.